The molecule has 2 heterocycles. The Balaban J connectivity index is 2.21. The van der Waals surface area contributed by atoms with Gasteiger partial charge in [0.2, 0.25) is 0 Å². The number of hydrogen-bond acceptors (Lipinski definition) is 4. The highest BCUT2D eigenvalue weighted by atomic mass is 19.1. The third-order valence-electron chi connectivity index (χ3n) is 3.59. The molecule has 0 bridgehead atoms. The highest BCUT2D eigenvalue weighted by Crippen LogP contribution is 2.28. The van der Waals surface area contributed by atoms with Gasteiger partial charge in [0.15, 0.2) is 11.6 Å². The summed E-state index contributed by atoms with van der Waals surface area (Å²) in [7, 11) is 0. The second-order valence-corrected chi connectivity index (χ2v) is 5.80. The Labute approximate surface area is 120 Å². The molecule has 1 aliphatic heterocycles. The molecule has 20 heavy (non-hydrogen) atoms. The van der Waals surface area contributed by atoms with Gasteiger partial charge in [-0.25, -0.2) is 9.37 Å². The highest BCUT2D eigenvalue weighted by molar-refractivity contribution is 5.46. The van der Waals surface area contributed by atoms with Gasteiger partial charge in [0.25, 0.3) is 0 Å². The van der Waals surface area contributed by atoms with Crippen molar-refractivity contribution < 1.29 is 9.13 Å². The quantitative estimate of drug-likeness (QED) is 0.841. The minimum Gasteiger partial charge on any atom is -0.377 e. The molecule has 0 unspecified atom stereocenters. The molecule has 2 rings (SSSR count). The largest absolute Gasteiger partial charge is 0.377 e. The van der Waals surface area contributed by atoms with Crippen LogP contribution in [0.5, 0.6) is 0 Å². The number of nitrogens with one attached hydrogen (secondary N) is 1. The first-order valence-electron chi connectivity index (χ1n) is 7.25. The first-order valence-corrected chi connectivity index (χ1v) is 7.25. The zero-order chi connectivity index (χ0) is 14.6. The van der Waals surface area contributed by atoms with Crippen molar-refractivity contribution in [2.45, 2.75) is 39.3 Å². The van der Waals surface area contributed by atoms with Crippen molar-refractivity contribution in [3.05, 3.63) is 23.6 Å². The van der Waals surface area contributed by atoms with Crippen LogP contribution in [0.2, 0.25) is 0 Å². The molecule has 0 saturated carbocycles. The number of morpholine rings is 1. The predicted octanol–water partition coefficient (Wildman–Crippen LogP) is 2.34. The summed E-state index contributed by atoms with van der Waals surface area (Å²) in [6, 6.07) is 1.74. The fraction of sp³-hybridized carbons (Fsp3) is 0.667. The van der Waals surface area contributed by atoms with E-state index in [-0.39, 0.29) is 11.4 Å². The van der Waals surface area contributed by atoms with Crippen LogP contribution >= 0.6 is 0 Å². The third kappa shape index (κ3) is 3.27. The SMILES string of the molecule is CCCNCc1ccnc(N2CCOCC2(C)C)c1F. The van der Waals surface area contributed by atoms with E-state index in [0.29, 0.717) is 37.7 Å². The molecule has 1 aromatic rings. The van der Waals surface area contributed by atoms with E-state index in [1.54, 1.807) is 12.3 Å². The molecule has 0 aliphatic carbocycles. The summed E-state index contributed by atoms with van der Waals surface area (Å²) in [6.07, 6.45) is 2.73. The van der Waals surface area contributed by atoms with Crippen molar-refractivity contribution in [2.24, 2.45) is 0 Å². The van der Waals surface area contributed by atoms with E-state index in [1.807, 2.05) is 4.90 Å². The second-order valence-electron chi connectivity index (χ2n) is 5.80. The summed E-state index contributed by atoms with van der Waals surface area (Å²) < 4.78 is 20.1. The number of hydrogen-bond donors (Lipinski definition) is 1. The summed E-state index contributed by atoms with van der Waals surface area (Å²) in [5.74, 6) is 0.222. The molecule has 112 valence electrons. The van der Waals surface area contributed by atoms with Gasteiger partial charge in [-0.3, -0.25) is 0 Å². The van der Waals surface area contributed by atoms with E-state index in [2.05, 4.69) is 31.1 Å². The molecule has 1 fully saturated rings. The molecule has 1 aliphatic rings. The Morgan fingerprint density at radius 3 is 3.00 bits per heavy atom. The molecular formula is C15H24FN3O. The first kappa shape index (κ1) is 15.2. The lowest BCUT2D eigenvalue weighted by Gasteiger charge is -2.43. The summed E-state index contributed by atoms with van der Waals surface area (Å²) in [5, 5.41) is 3.23. The van der Waals surface area contributed by atoms with E-state index >= 15 is 0 Å². The maximum atomic E-state index is 14.6. The molecule has 0 radical (unpaired) electrons. The molecule has 0 aromatic carbocycles. The fourth-order valence-corrected chi connectivity index (χ4v) is 2.45. The lowest BCUT2D eigenvalue weighted by atomic mass is 10.0. The monoisotopic (exact) mass is 281 g/mol. The summed E-state index contributed by atoms with van der Waals surface area (Å²) in [4.78, 5) is 6.26. The van der Waals surface area contributed by atoms with E-state index < -0.39 is 0 Å². The summed E-state index contributed by atoms with van der Waals surface area (Å²) in [6.45, 7) is 9.50. The third-order valence-corrected chi connectivity index (χ3v) is 3.59. The topological polar surface area (TPSA) is 37.4 Å². The summed E-state index contributed by atoms with van der Waals surface area (Å²) >= 11 is 0. The molecular weight excluding hydrogens is 257 g/mol. The van der Waals surface area contributed by atoms with Gasteiger partial charge < -0.3 is 15.0 Å². The number of aromatic nitrogens is 1. The molecule has 0 spiro atoms. The minimum atomic E-state index is -0.235. The van der Waals surface area contributed by atoms with Crippen LogP contribution in [-0.4, -0.2) is 36.8 Å². The van der Waals surface area contributed by atoms with Gasteiger partial charge in [-0.1, -0.05) is 6.92 Å². The van der Waals surface area contributed by atoms with Crippen LogP contribution in [0.1, 0.15) is 32.8 Å². The Morgan fingerprint density at radius 2 is 2.30 bits per heavy atom. The van der Waals surface area contributed by atoms with Crippen molar-refractivity contribution in [1.82, 2.24) is 10.3 Å². The Kier molecular flexibility index (Phi) is 4.94. The zero-order valence-corrected chi connectivity index (χ0v) is 12.6. The molecule has 1 aromatic heterocycles. The van der Waals surface area contributed by atoms with Crippen molar-refractivity contribution in [3.63, 3.8) is 0 Å². The lowest BCUT2D eigenvalue weighted by molar-refractivity contribution is 0.0634. The molecule has 5 heteroatoms. The normalized spacial score (nSPS) is 18.3. The van der Waals surface area contributed by atoms with Crippen LogP contribution in [0.15, 0.2) is 12.3 Å². The molecule has 1 saturated heterocycles. The first-order chi connectivity index (χ1) is 9.56. The van der Waals surface area contributed by atoms with Crippen LogP contribution in [0.3, 0.4) is 0 Å². The lowest BCUT2D eigenvalue weighted by Crippen LogP contribution is -2.54. The standard InChI is InChI=1S/C15H24FN3O/c1-4-6-17-10-12-5-7-18-14(13(12)16)19-8-9-20-11-15(19,2)3/h5,7,17H,4,6,8-11H2,1-3H3. The number of nitrogens with zero attached hydrogens (tertiary/aromatic N) is 2. The predicted molar refractivity (Wildman–Crippen MR) is 78.4 cm³/mol. The highest BCUT2D eigenvalue weighted by Gasteiger charge is 2.33. The Hall–Kier alpha value is -1.20. The van der Waals surface area contributed by atoms with Crippen LogP contribution in [0.25, 0.3) is 0 Å². The van der Waals surface area contributed by atoms with Gasteiger partial charge >= 0.3 is 0 Å². The van der Waals surface area contributed by atoms with Crippen molar-refractivity contribution >= 4 is 5.82 Å². The van der Waals surface area contributed by atoms with E-state index in [4.69, 9.17) is 4.74 Å². The zero-order valence-electron chi connectivity index (χ0n) is 12.6. The van der Waals surface area contributed by atoms with Gasteiger partial charge in [-0.15, -0.1) is 0 Å². The van der Waals surface area contributed by atoms with Crippen LogP contribution in [0.4, 0.5) is 10.2 Å². The number of rotatable bonds is 5. The Morgan fingerprint density at radius 1 is 1.50 bits per heavy atom. The van der Waals surface area contributed by atoms with E-state index in [1.165, 1.54) is 0 Å². The average Bonchev–Trinajstić information content (AvgIpc) is 2.41. The molecule has 4 nitrogen and oxygen atoms in total. The second kappa shape index (κ2) is 6.50. The van der Waals surface area contributed by atoms with Crippen LogP contribution in [0, 0.1) is 5.82 Å². The number of pyridine rings is 1. The maximum absolute atomic E-state index is 14.6. The Bertz CT molecular complexity index is 451. The number of halogens is 1. The summed E-state index contributed by atoms with van der Waals surface area (Å²) in [5.41, 5.74) is 0.437. The number of ether oxygens (including phenoxy) is 1. The fourth-order valence-electron chi connectivity index (χ4n) is 2.45. The van der Waals surface area contributed by atoms with E-state index in [0.717, 1.165) is 13.0 Å². The van der Waals surface area contributed by atoms with Gasteiger partial charge in [0.05, 0.1) is 18.8 Å². The van der Waals surface area contributed by atoms with Gasteiger partial charge in [-0.05, 0) is 32.9 Å². The van der Waals surface area contributed by atoms with Gasteiger partial charge in [-0.2, -0.15) is 0 Å². The molecule has 0 atom stereocenters. The maximum Gasteiger partial charge on any atom is 0.170 e. The van der Waals surface area contributed by atoms with Gasteiger partial charge in [0, 0.05) is 24.8 Å². The van der Waals surface area contributed by atoms with Gasteiger partial charge in [0.1, 0.15) is 0 Å². The van der Waals surface area contributed by atoms with Crippen LogP contribution < -0.4 is 10.2 Å². The molecule has 0 amide bonds. The van der Waals surface area contributed by atoms with Crippen molar-refractivity contribution in [3.8, 4) is 0 Å². The minimum absolute atomic E-state index is 0.217. The van der Waals surface area contributed by atoms with Crippen LogP contribution in [-0.2, 0) is 11.3 Å². The molecule has 1 N–H and O–H groups in total. The van der Waals surface area contributed by atoms with Crippen molar-refractivity contribution in [2.75, 3.05) is 31.2 Å². The average molecular weight is 281 g/mol. The smallest absolute Gasteiger partial charge is 0.170 e. The number of anilines is 1. The van der Waals surface area contributed by atoms with E-state index in [9.17, 15) is 4.39 Å². The van der Waals surface area contributed by atoms with Crippen molar-refractivity contribution in [1.29, 1.82) is 0 Å².